The first kappa shape index (κ1) is 17.2. The van der Waals surface area contributed by atoms with Crippen molar-refractivity contribution in [2.45, 2.75) is 31.3 Å². The Morgan fingerprint density at radius 3 is 2.75 bits per heavy atom. The summed E-state index contributed by atoms with van der Waals surface area (Å²) < 4.78 is 5.89. The first-order chi connectivity index (χ1) is 11.6. The van der Waals surface area contributed by atoms with Crippen LogP contribution in [0.15, 0.2) is 51.6 Å². The lowest BCUT2D eigenvalue weighted by Gasteiger charge is -2.17. The van der Waals surface area contributed by atoms with Crippen molar-refractivity contribution >= 4 is 21.8 Å². The van der Waals surface area contributed by atoms with Gasteiger partial charge in [0.05, 0.1) is 0 Å². The minimum atomic E-state index is -0.0830. The Morgan fingerprint density at radius 2 is 2.04 bits per heavy atom. The van der Waals surface area contributed by atoms with Crippen LogP contribution in [-0.2, 0) is 0 Å². The SMILES string of the molecule is CN(CCCC1CC(c2ccccc2)NN1)C(=O)c1ccc(Br)o1. The molecular formula is C18H22BrN3O2. The zero-order valence-electron chi connectivity index (χ0n) is 13.7. The van der Waals surface area contributed by atoms with Crippen molar-refractivity contribution in [1.82, 2.24) is 15.8 Å². The van der Waals surface area contributed by atoms with E-state index >= 15 is 0 Å². The van der Waals surface area contributed by atoms with E-state index in [9.17, 15) is 4.79 Å². The third kappa shape index (κ3) is 4.26. The van der Waals surface area contributed by atoms with E-state index in [0.29, 0.717) is 29.1 Å². The molecule has 1 aliphatic heterocycles. The molecule has 1 aromatic carbocycles. The van der Waals surface area contributed by atoms with Gasteiger partial charge in [0, 0.05) is 25.7 Å². The third-order valence-corrected chi connectivity index (χ3v) is 4.79. The molecular weight excluding hydrogens is 370 g/mol. The van der Waals surface area contributed by atoms with E-state index in [1.807, 2.05) is 13.1 Å². The molecule has 2 aromatic rings. The van der Waals surface area contributed by atoms with Crippen molar-refractivity contribution in [1.29, 1.82) is 0 Å². The number of hydrazine groups is 1. The molecule has 6 heteroatoms. The maximum Gasteiger partial charge on any atom is 0.289 e. The second kappa shape index (κ2) is 7.96. The third-order valence-electron chi connectivity index (χ3n) is 4.36. The van der Waals surface area contributed by atoms with Gasteiger partial charge in [-0.2, -0.15) is 0 Å². The Labute approximate surface area is 150 Å². The summed E-state index contributed by atoms with van der Waals surface area (Å²) >= 11 is 3.22. The molecule has 0 bridgehead atoms. The molecule has 5 nitrogen and oxygen atoms in total. The molecule has 0 saturated carbocycles. The number of halogens is 1. The summed E-state index contributed by atoms with van der Waals surface area (Å²) in [5.41, 5.74) is 8.04. The maximum absolute atomic E-state index is 12.2. The van der Waals surface area contributed by atoms with Gasteiger partial charge in [-0.25, -0.2) is 0 Å². The normalized spacial score (nSPS) is 20.2. The van der Waals surface area contributed by atoms with E-state index in [4.69, 9.17) is 4.42 Å². The molecule has 1 aromatic heterocycles. The summed E-state index contributed by atoms with van der Waals surface area (Å²) in [5, 5.41) is 0. The minimum Gasteiger partial charge on any atom is -0.444 e. The van der Waals surface area contributed by atoms with Crippen molar-refractivity contribution < 1.29 is 9.21 Å². The number of carbonyl (C=O) groups is 1. The summed E-state index contributed by atoms with van der Waals surface area (Å²) in [4.78, 5) is 13.9. The number of carbonyl (C=O) groups excluding carboxylic acids is 1. The fourth-order valence-electron chi connectivity index (χ4n) is 3.01. The van der Waals surface area contributed by atoms with Crippen LogP contribution in [0.1, 0.15) is 41.4 Å². The largest absolute Gasteiger partial charge is 0.444 e. The van der Waals surface area contributed by atoms with E-state index in [-0.39, 0.29) is 5.91 Å². The second-order valence-corrected chi connectivity index (χ2v) is 6.94. The molecule has 1 aliphatic rings. The Balaban J connectivity index is 1.41. The van der Waals surface area contributed by atoms with Crippen LogP contribution >= 0.6 is 15.9 Å². The summed E-state index contributed by atoms with van der Waals surface area (Å²) in [6.45, 7) is 0.714. The van der Waals surface area contributed by atoms with Crippen molar-refractivity contribution in [2.24, 2.45) is 0 Å². The van der Waals surface area contributed by atoms with Gasteiger partial charge in [-0.05, 0) is 52.9 Å². The highest BCUT2D eigenvalue weighted by atomic mass is 79.9. The molecule has 0 spiro atoms. The highest BCUT2D eigenvalue weighted by Crippen LogP contribution is 2.24. The van der Waals surface area contributed by atoms with Gasteiger partial charge in [-0.15, -0.1) is 0 Å². The van der Waals surface area contributed by atoms with E-state index in [1.54, 1.807) is 17.0 Å². The number of rotatable bonds is 6. The van der Waals surface area contributed by atoms with Crippen LogP contribution in [0, 0.1) is 0 Å². The van der Waals surface area contributed by atoms with E-state index < -0.39 is 0 Å². The quantitative estimate of drug-likeness (QED) is 0.790. The zero-order valence-corrected chi connectivity index (χ0v) is 15.3. The number of hydrogen-bond donors (Lipinski definition) is 2. The monoisotopic (exact) mass is 391 g/mol. The van der Waals surface area contributed by atoms with Crippen LogP contribution in [0.4, 0.5) is 0 Å². The first-order valence-corrected chi connectivity index (χ1v) is 8.99. The van der Waals surface area contributed by atoms with Crippen molar-refractivity contribution in [3.63, 3.8) is 0 Å². The molecule has 1 saturated heterocycles. The lowest BCUT2D eigenvalue weighted by atomic mass is 10.00. The number of amides is 1. The van der Waals surface area contributed by atoms with Gasteiger partial charge < -0.3 is 9.32 Å². The van der Waals surface area contributed by atoms with Crippen molar-refractivity contribution in [2.75, 3.05) is 13.6 Å². The van der Waals surface area contributed by atoms with Gasteiger partial charge in [0.15, 0.2) is 10.4 Å². The van der Waals surface area contributed by atoms with E-state index in [1.165, 1.54) is 5.56 Å². The smallest absolute Gasteiger partial charge is 0.289 e. The predicted molar refractivity (Wildman–Crippen MR) is 96.5 cm³/mol. The first-order valence-electron chi connectivity index (χ1n) is 8.20. The van der Waals surface area contributed by atoms with Crippen LogP contribution in [-0.4, -0.2) is 30.4 Å². The van der Waals surface area contributed by atoms with Gasteiger partial charge in [-0.1, -0.05) is 30.3 Å². The van der Waals surface area contributed by atoms with Crippen LogP contribution in [0.2, 0.25) is 0 Å². The summed E-state index contributed by atoms with van der Waals surface area (Å²) in [6.07, 6.45) is 3.04. The number of hydrogen-bond acceptors (Lipinski definition) is 4. The molecule has 3 rings (SSSR count). The molecule has 2 atom stereocenters. The van der Waals surface area contributed by atoms with Gasteiger partial charge in [0.2, 0.25) is 0 Å². The topological polar surface area (TPSA) is 57.5 Å². The van der Waals surface area contributed by atoms with Crippen LogP contribution in [0.25, 0.3) is 0 Å². The Kier molecular flexibility index (Phi) is 5.71. The molecule has 24 heavy (non-hydrogen) atoms. The molecule has 2 heterocycles. The van der Waals surface area contributed by atoms with Gasteiger partial charge >= 0.3 is 0 Å². The van der Waals surface area contributed by atoms with Gasteiger partial charge in [-0.3, -0.25) is 15.6 Å². The Hall–Kier alpha value is -1.63. The maximum atomic E-state index is 12.2. The van der Waals surface area contributed by atoms with Crippen molar-refractivity contribution in [3.8, 4) is 0 Å². The number of nitrogens with one attached hydrogen (secondary N) is 2. The van der Waals surface area contributed by atoms with E-state index in [2.05, 4.69) is 51.0 Å². The van der Waals surface area contributed by atoms with Crippen LogP contribution in [0.5, 0.6) is 0 Å². The standard InChI is InChI=1S/C18H22BrN3O2/c1-22(18(23)16-9-10-17(19)24-16)11-5-8-14-12-15(21-20-14)13-6-3-2-4-7-13/h2-4,6-7,9-10,14-15,20-21H,5,8,11-12H2,1H3. The average Bonchev–Trinajstić information content (AvgIpc) is 3.24. The summed E-state index contributed by atoms with van der Waals surface area (Å²) in [5.74, 6) is 0.287. The zero-order chi connectivity index (χ0) is 16.9. The molecule has 2 unspecified atom stereocenters. The number of benzene rings is 1. The van der Waals surface area contributed by atoms with Crippen molar-refractivity contribution in [3.05, 3.63) is 58.5 Å². The molecule has 2 N–H and O–H groups in total. The lowest BCUT2D eigenvalue weighted by Crippen LogP contribution is -2.32. The van der Waals surface area contributed by atoms with Crippen LogP contribution in [0.3, 0.4) is 0 Å². The predicted octanol–water partition coefficient (Wildman–Crippen LogP) is 3.50. The summed E-state index contributed by atoms with van der Waals surface area (Å²) in [7, 11) is 1.81. The molecule has 1 fully saturated rings. The fourth-order valence-corrected chi connectivity index (χ4v) is 3.32. The second-order valence-electron chi connectivity index (χ2n) is 6.16. The van der Waals surface area contributed by atoms with Gasteiger partial charge in [0.1, 0.15) is 0 Å². The molecule has 128 valence electrons. The number of furan rings is 1. The Bertz CT molecular complexity index is 674. The summed E-state index contributed by atoms with van der Waals surface area (Å²) in [6, 6.07) is 14.7. The number of nitrogens with zero attached hydrogens (tertiary/aromatic N) is 1. The van der Waals surface area contributed by atoms with Crippen LogP contribution < -0.4 is 10.9 Å². The van der Waals surface area contributed by atoms with E-state index in [0.717, 1.165) is 19.3 Å². The lowest BCUT2D eigenvalue weighted by molar-refractivity contribution is 0.0759. The van der Waals surface area contributed by atoms with Gasteiger partial charge in [0.25, 0.3) is 5.91 Å². The minimum absolute atomic E-state index is 0.0830. The Morgan fingerprint density at radius 1 is 1.25 bits per heavy atom. The molecule has 1 amide bonds. The molecule has 0 radical (unpaired) electrons. The fraction of sp³-hybridized carbons (Fsp3) is 0.389. The highest BCUT2D eigenvalue weighted by Gasteiger charge is 2.24. The average molecular weight is 392 g/mol. The molecule has 0 aliphatic carbocycles. The highest BCUT2D eigenvalue weighted by molar-refractivity contribution is 9.10.